The molecule has 0 fully saturated rings. The molecule has 0 unspecified atom stereocenters. The first-order valence-corrected chi connectivity index (χ1v) is 10.4. The number of aromatic nitrogens is 4. The lowest BCUT2D eigenvalue weighted by Gasteiger charge is -2.10. The lowest BCUT2D eigenvalue weighted by molar-refractivity contribution is 0.339. The minimum Gasteiger partial charge on any atom is -0.497 e. The minimum atomic E-state index is -3.56. The van der Waals surface area contributed by atoms with Crippen molar-refractivity contribution in [3.8, 4) is 17.3 Å². The van der Waals surface area contributed by atoms with Gasteiger partial charge in [0.1, 0.15) is 18.1 Å². The monoisotopic (exact) mass is 419 g/mol. The Morgan fingerprint density at radius 2 is 1.86 bits per heavy atom. The van der Waals surface area contributed by atoms with Crippen LogP contribution in [-0.2, 0) is 16.6 Å². The van der Waals surface area contributed by atoms with Gasteiger partial charge in [-0.2, -0.15) is 5.10 Å². The van der Waals surface area contributed by atoms with Crippen molar-refractivity contribution in [3.63, 3.8) is 0 Å². The number of sulfonamides is 1. The molecule has 0 saturated carbocycles. The van der Waals surface area contributed by atoms with Gasteiger partial charge in [-0.15, -0.1) is 5.10 Å². The molecular weight excluding hydrogens is 398 g/mol. The van der Waals surface area contributed by atoms with Gasteiger partial charge in [-0.05, 0) is 36.4 Å². The summed E-state index contributed by atoms with van der Waals surface area (Å²) in [7, 11) is -2.00. The number of nitrogens with zero attached hydrogens (tertiary/aromatic N) is 4. The summed E-state index contributed by atoms with van der Waals surface area (Å²) in [6.07, 6.45) is 3.29. The fourth-order valence-corrected chi connectivity index (χ4v) is 3.29. The Balaban J connectivity index is 1.49. The molecule has 0 aliphatic carbocycles. The van der Waals surface area contributed by atoms with E-state index in [1.165, 1.54) is 15.4 Å². The highest BCUT2D eigenvalue weighted by atomic mass is 32.2. The van der Waals surface area contributed by atoms with Gasteiger partial charge in [-0.25, -0.2) is 22.5 Å². The van der Waals surface area contributed by atoms with Gasteiger partial charge in [-0.1, -0.05) is 0 Å². The summed E-state index contributed by atoms with van der Waals surface area (Å²) in [6, 6.07) is 11.5. The third-order valence-electron chi connectivity index (χ3n) is 3.92. The maximum atomic E-state index is 12.1. The smallest absolute Gasteiger partial charge is 0.266 e. The molecule has 0 atom stereocenters. The second-order valence-electron chi connectivity index (χ2n) is 5.94. The van der Waals surface area contributed by atoms with E-state index in [0.29, 0.717) is 17.3 Å². The van der Waals surface area contributed by atoms with Crippen LogP contribution in [0.1, 0.15) is 0 Å². The highest BCUT2D eigenvalue weighted by Crippen LogP contribution is 2.16. The number of ether oxygens (including phenoxy) is 2. The quantitative estimate of drug-likeness (QED) is 0.507. The molecule has 1 aromatic carbocycles. The van der Waals surface area contributed by atoms with Crippen LogP contribution in [0, 0.1) is 0 Å². The summed E-state index contributed by atoms with van der Waals surface area (Å²) in [5, 5.41) is 8.24. The SMILES string of the molecule is COc1ccc(OCCS(=O)(=O)NCCn2nc(-n3cccn3)ccc2=O)cc1. The van der Waals surface area contributed by atoms with E-state index >= 15 is 0 Å². The van der Waals surface area contributed by atoms with Gasteiger partial charge < -0.3 is 9.47 Å². The normalized spacial score (nSPS) is 11.3. The van der Waals surface area contributed by atoms with E-state index in [4.69, 9.17) is 9.47 Å². The molecule has 11 heteroatoms. The Kier molecular flexibility index (Phi) is 6.62. The molecular formula is C18H21N5O5S. The van der Waals surface area contributed by atoms with Crippen molar-refractivity contribution in [1.82, 2.24) is 24.3 Å². The molecule has 10 nitrogen and oxygen atoms in total. The van der Waals surface area contributed by atoms with E-state index in [2.05, 4.69) is 14.9 Å². The Bertz CT molecular complexity index is 1080. The number of benzene rings is 1. The lowest BCUT2D eigenvalue weighted by Crippen LogP contribution is -2.34. The highest BCUT2D eigenvalue weighted by molar-refractivity contribution is 7.89. The van der Waals surface area contributed by atoms with Crippen molar-refractivity contribution in [2.45, 2.75) is 6.54 Å². The summed E-state index contributed by atoms with van der Waals surface area (Å²) < 4.78 is 39.9. The number of nitrogens with one attached hydrogen (secondary N) is 1. The third kappa shape index (κ3) is 5.90. The number of hydrogen-bond donors (Lipinski definition) is 1. The van der Waals surface area contributed by atoms with E-state index < -0.39 is 10.0 Å². The van der Waals surface area contributed by atoms with Gasteiger partial charge in [-0.3, -0.25) is 4.79 Å². The van der Waals surface area contributed by atoms with Gasteiger partial charge in [0, 0.05) is 25.0 Å². The third-order valence-corrected chi connectivity index (χ3v) is 5.27. The van der Waals surface area contributed by atoms with E-state index in [9.17, 15) is 13.2 Å². The van der Waals surface area contributed by atoms with Crippen LogP contribution >= 0.6 is 0 Å². The molecule has 0 aliphatic heterocycles. The van der Waals surface area contributed by atoms with Gasteiger partial charge in [0.2, 0.25) is 10.0 Å². The first-order chi connectivity index (χ1) is 14.0. The van der Waals surface area contributed by atoms with Gasteiger partial charge in [0.15, 0.2) is 5.82 Å². The van der Waals surface area contributed by atoms with Crippen LogP contribution in [0.5, 0.6) is 11.5 Å². The zero-order chi connectivity index (χ0) is 20.7. The van der Waals surface area contributed by atoms with E-state index in [0.717, 1.165) is 0 Å². The summed E-state index contributed by atoms with van der Waals surface area (Å²) >= 11 is 0. The summed E-state index contributed by atoms with van der Waals surface area (Å²) in [5.41, 5.74) is -0.331. The topological polar surface area (TPSA) is 117 Å². The van der Waals surface area contributed by atoms with E-state index in [1.807, 2.05) is 0 Å². The van der Waals surface area contributed by atoms with Gasteiger partial charge in [0.05, 0.1) is 19.4 Å². The van der Waals surface area contributed by atoms with E-state index in [1.54, 1.807) is 55.9 Å². The zero-order valence-electron chi connectivity index (χ0n) is 15.8. The highest BCUT2D eigenvalue weighted by Gasteiger charge is 2.11. The summed E-state index contributed by atoms with van der Waals surface area (Å²) in [4.78, 5) is 11.9. The van der Waals surface area contributed by atoms with Crippen LogP contribution in [0.2, 0.25) is 0 Å². The molecule has 3 aromatic rings. The van der Waals surface area contributed by atoms with Crippen LogP contribution < -0.4 is 19.8 Å². The molecule has 0 radical (unpaired) electrons. The molecule has 0 amide bonds. The van der Waals surface area contributed by atoms with Gasteiger partial charge in [0.25, 0.3) is 5.56 Å². The maximum absolute atomic E-state index is 12.1. The van der Waals surface area contributed by atoms with Crippen molar-refractivity contribution in [1.29, 1.82) is 0 Å². The molecule has 0 aliphatic rings. The Morgan fingerprint density at radius 1 is 1.10 bits per heavy atom. The predicted octanol–water partition coefficient (Wildman–Crippen LogP) is 0.436. The summed E-state index contributed by atoms with van der Waals surface area (Å²) in [5.74, 6) is 1.49. The second-order valence-corrected chi connectivity index (χ2v) is 7.87. The predicted molar refractivity (Wildman–Crippen MR) is 106 cm³/mol. The zero-order valence-corrected chi connectivity index (χ0v) is 16.6. The standard InChI is InChI=1S/C18H21N5O5S/c1-27-15-3-5-16(6-4-15)28-13-14-29(25,26)20-10-12-23-18(24)8-7-17(21-23)22-11-2-9-19-22/h2-9,11,20H,10,12-14H2,1H3. The number of hydrogen-bond acceptors (Lipinski definition) is 7. The Hall–Kier alpha value is -3.18. The van der Waals surface area contributed by atoms with Crippen LogP contribution in [0.3, 0.4) is 0 Å². The van der Waals surface area contributed by atoms with Crippen LogP contribution in [0.4, 0.5) is 0 Å². The molecule has 2 heterocycles. The van der Waals surface area contributed by atoms with Crippen molar-refractivity contribution in [2.24, 2.45) is 0 Å². The van der Waals surface area contributed by atoms with Gasteiger partial charge >= 0.3 is 0 Å². The molecule has 0 spiro atoms. The summed E-state index contributed by atoms with van der Waals surface area (Å²) in [6.45, 7) is 0.113. The molecule has 29 heavy (non-hydrogen) atoms. The second kappa shape index (κ2) is 9.34. The average Bonchev–Trinajstić information content (AvgIpc) is 3.24. The molecule has 154 valence electrons. The van der Waals surface area contributed by atoms with Crippen LogP contribution in [0.25, 0.3) is 5.82 Å². The van der Waals surface area contributed by atoms with Crippen LogP contribution in [-0.4, -0.2) is 54.0 Å². The molecule has 3 rings (SSSR count). The van der Waals surface area contributed by atoms with Crippen molar-refractivity contribution in [3.05, 3.63) is 65.2 Å². The van der Waals surface area contributed by atoms with Crippen LogP contribution in [0.15, 0.2) is 59.7 Å². The van der Waals surface area contributed by atoms with Crippen molar-refractivity contribution >= 4 is 10.0 Å². The largest absolute Gasteiger partial charge is 0.497 e. The fraction of sp³-hybridized carbons (Fsp3) is 0.278. The van der Waals surface area contributed by atoms with E-state index in [-0.39, 0.29) is 31.0 Å². The Morgan fingerprint density at radius 3 is 2.55 bits per heavy atom. The molecule has 0 saturated heterocycles. The first kappa shape index (κ1) is 20.6. The number of rotatable bonds is 10. The first-order valence-electron chi connectivity index (χ1n) is 8.79. The molecule has 0 bridgehead atoms. The minimum absolute atomic E-state index is 0.00531. The lowest BCUT2D eigenvalue weighted by atomic mass is 10.3. The van der Waals surface area contributed by atoms with Crippen molar-refractivity contribution < 1.29 is 17.9 Å². The molecule has 1 N–H and O–H groups in total. The van der Waals surface area contributed by atoms with Crippen molar-refractivity contribution in [2.75, 3.05) is 26.0 Å². The average molecular weight is 419 g/mol. The number of methoxy groups -OCH3 is 1. The molecule has 2 aromatic heterocycles. The fourth-order valence-electron chi connectivity index (χ4n) is 2.45. The maximum Gasteiger partial charge on any atom is 0.266 e. The Labute approximate surface area is 167 Å².